The lowest BCUT2D eigenvalue weighted by molar-refractivity contribution is 0.0354. The third-order valence-electron chi connectivity index (χ3n) is 6.67. The predicted octanol–water partition coefficient (Wildman–Crippen LogP) is 2.44. The lowest BCUT2D eigenvalue weighted by Crippen LogP contribution is -2.60. The molecule has 2 aromatic rings. The fourth-order valence-electron chi connectivity index (χ4n) is 5.57. The van der Waals surface area contributed by atoms with Gasteiger partial charge >= 0.3 is 0 Å². The number of anilines is 2. The van der Waals surface area contributed by atoms with Crippen molar-refractivity contribution in [1.82, 2.24) is 14.9 Å². The van der Waals surface area contributed by atoms with Crippen LogP contribution in [0.3, 0.4) is 0 Å². The monoisotopic (exact) mass is 365 g/mol. The molecule has 27 heavy (non-hydrogen) atoms. The smallest absolute Gasteiger partial charge is 0.222 e. The van der Waals surface area contributed by atoms with Crippen molar-refractivity contribution < 1.29 is 4.74 Å². The van der Waals surface area contributed by atoms with Gasteiger partial charge in [-0.05, 0) is 56.5 Å². The molecule has 4 saturated heterocycles. The van der Waals surface area contributed by atoms with Gasteiger partial charge < -0.3 is 15.4 Å². The minimum atomic E-state index is 0.368. The molecule has 1 aromatic heterocycles. The van der Waals surface area contributed by atoms with E-state index < -0.39 is 0 Å². The van der Waals surface area contributed by atoms with Gasteiger partial charge in [0.15, 0.2) is 0 Å². The van der Waals surface area contributed by atoms with Gasteiger partial charge in [0.1, 0.15) is 11.6 Å². The lowest BCUT2D eigenvalue weighted by Gasteiger charge is -2.51. The Hall–Kier alpha value is -2.34. The van der Waals surface area contributed by atoms with Crippen LogP contribution in [0.4, 0.5) is 11.8 Å². The highest BCUT2D eigenvalue weighted by Crippen LogP contribution is 2.48. The molecule has 142 valence electrons. The van der Waals surface area contributed by atoms with Crippen LogP contribution in [0.25, 0.3) is 0 Å². The van der Waals surface area contributed by atoms with Crippen molar-refractivity contribution in [2.24, 2.45) is 5.92 Å². The molecule has 3 atom stereocenters. The number of hydrogen-bond donors (Lipinski definition) is 1. The molecule has 0 unspecified atom stereocenters. The number of hydrogen-bond acceptors (Lipinski definition) is 6. The first-order valence-electron chi connectivity index (χ1n) is 9.90. The van der Waals surface area contributed by atoms with Gasteiger partial charge in [-0.25, -0.2) is 4.98 Å². The number of nitrogen functional groups attached to an aromatic ring is 1. The van der Waals surface area contributed by atoms with Crippen molar-refractivity contribution in [2.45, 2.75) is 37.8 Å². The highest BCUT2D eigenvalue weighted by molar-refractivity contribution is 5.50. The Morgan fingerprint density at radius 2 is 1.93 bits per heavy atom. The molecule has 6 heteroatoms. The topological polar surface area (TPSA) is 67.5 Å². The van der Waals surface area contributed by atoms with E-state index in [2.05, 4.69) is 44.0 Å². The van der Waals surface area contributed by atoms with E-state index in [1.165, 1.54) is 31.5 Å². The summed E-state index contributed by atoms with van der Waals surface area (Å²) in [6, 6.07) is 11.7. The van der Waals surface area contributed by atoms with E-state index in [0.29, 0.717) is 23.9 Å². The number of fused-ring (bicyclic) bond motifs is 2. The maximum atomic E-state index is 5.98. The number of aryl methyl sites for hydroxylation is 1. The van der Waals surface area contributed by atoms with Crippen molar-refractivity contribution in [3.63, 3.8) is 0 Å². The molecule has 0 radical (unpaired) electrons. The molecular formula is C21H27N5O. The second-order valence-corrected chi connectivity index (χ2v) is 8.12. The van der Waals surface area contributed by atoms with Crippen LogP contribution in [0.1, 0.15) is 30.0 Å². The van der Waals surface area contributed by atoms with Crippen molar-refractivity contribution in [1.29, 1.82) is 0 Å². The molecule has 2 bridgehead atoms. The van der Waals surface area contributed by atoms with Gasteiger partial charge in [-0.3, -0.25) is 4.90 Å². The Bertz CT molecular complexity index is 828. The summed E-state index contributed by atoms with van der Waals surface area (Å²) >= 11 is 0. The summed E-state index contributed by atoms with van der Waals surface area (Å²) in [6.07, 6.45) is 2.56. The van der Waals surface area contributed by atoms with Crippen LogP contribution in [0.15, 0.2) is 30.3 Å². The molecule has 0 saturated carbocycles. The van der Waals surface area contributed by atoms with Gasteiger partial charge in [0.25, 0.3) is 0 Å². The van der Waals surface area contributed by atoms with Crippen LogP contribution in [0.2, 0.25) is 0 Å². The molecule has 0 aliphatic carbocycles. The number of nitrogens with zero attached hydrogens (tertiary/aromatic N) is 4. The Kier molecular flexibility index (Phi) is 3.97. The minimum Gasteiger partial charge on any atom is -0.497 e. The van der Waals surface area contributed by atoms with Crippen molar-refractivity contribution >= 4 is 11.8 Å². The molecule has 6 rings (SSSR count). The molecule has 4 fully saturated rings. The zero-order chi connectivity index (χ0) is 18.5. The van der Waals surface area contributed by atoms with Crippen molar-refractivity contribution in [2.75, 3.05) is 37.4 Å². The third kappa shape index (κ3) is 2.74. The van der Waals surface area contributed by atoms with Crippen LogP contribution in [-0.4, -0.2) is 53.7 Å². The Morgan fingerprint density at radius 1 is 1.11 bits per heavy atom. The normalized spacial score (nSPS) is 31.8. The average Bonchev–Trinajstić information content (AvgIpc) is 3.11. The molecule has 2 N–H and O–H groups in total. The van der Waals surface area contributed by atoms with Crippen LogP contribution in [0, 0.1) is 12.8 Å². The standard InChI is InChI=1S/C21H27N5O/c1-13-10-18(24-21(22)23-13)26-12-17(15-4-3-5-16(11-15)27-2)20-19(26)14-6-8-25(20)9-7-14/h3-5,10-11,14,17,19-20H,6-9,12H2,1-2H3,(H2,22,23,24)/t17-,19+,20+/m0/s1. The van der Waals surface area contributed by atoms with Gasteiger partial charge in [-0.1, -0.05) is 12.1 Å². The summed E-state index contributed by atoms with van der Waals surface area (Å²) in [6.45, 7) is 5.38. The molecule has 0 amide bonds. The van der Waals surface area contributed by atoms with Crippen molar-refractivity contribution in [3.05, 3.63) is 41.6 Å². The first-order chi connectivity index (χ1) is 13.1. The minimum absolute atomic E-state index is 0.368. The van der Waals surface area contributed by atoms with E-state index in [4.69, 9.17) is 10.5 Å². The number of rotatable bonds is 3. The van der Waals surface area contributed by atoms with E-state index in [9.17, 15) is 0 Å². The van der Waals surface area contributed by atoms with Gasteiger partial charge in [-0.15, -0.1) is 0 Å². The van der Waals surface area contributed by atoms with Gasteiger partial charge in [-0.2, -0.15) is 4.98 Å². The maximum Gasteiger partial charge on any atom is 0.222 e. The number of ether oxygens (including phenoxy) is 1. The summed E-state index contributed by atoms with van der Waals surface area (Å²) in [7, 11) is 1.74. The first-order valence-corrected chi connectivity index (χ1v) is 9.90. The molecular weight excluding hydrogens is 338 g/mol. The summed E-state index contributed by atoms with van der Waals surface area (Å²) in [5.74, 6) is 3.46. The van der Waals surface area contributed by atoms with E-state index in [1.54, 1.807) is 7.11 Å². The summed E-state index contributed by atoms with van der Waals surface area (Å²) in [5.41, 5.74) is 8.27. The number of benzene rings is 1. The molecule has 5 heterocycles. The highest BCUT2D eigenvalue weighted by atomic mass is 16.5. The average molecular weight is 365 g/mol. The Labute approximate surface area is 160 Å². The van der Waals surface area contributed by atoms with Crippen LogP contribution in [-0.2, 0) is 0 Å². The maximum absolute atomic E-state index is 5.98. The Morgan fingerprint density at radius 3 is 2.67 bits per heavy atom. The second kappa shape index (κ2) is 6.37. The van der Waals surface area contributed by atoms with Gasteiger partial charge in [0.05, 0.1) is 7.11 Å². The molecule has 0 spiro atoms. The summed E-state index contributed by atoms with van der Waals surface area (Å²) < 4.78 is 5.49. The quantitative estimate of drug-likeness (QED) is 0.901. The second-order valence-electron chi connectivity index (χ2n) is 8.12. The molecule has 6 nitrogen and oxygen atoms in total. The Balaban J connectivity index is 1.57. The molecule has 4 aliphatic rings. The largest absolute Gasteiger partial charge is 0.497 e. The zero-order valence-electron chi connectivity index (χ0n) is 16.0. The lowest BCUT2D eigenvalue weighted by atomic mass is 9.75. The molecule has 4 aliphatic heterocycles. The number of nitrogens with two attached hydrogens (primary N) is 1. The van der Waals surface area contributed by atoms with Crippen LogP contribution in [0.5, 0.6) is 5.75 Å². The predicted molar refractivity (Wildman–Crippen MR) is 106 cm³/mol. The van der Waals surface area contributed by atoms with E-state index >= 15 is 0 Å². The fourth-order valence-corrected chi connectivity index (χ4v) is 5.57. The SMILES string of the molecule is COc1cccc([C@@H]2CN(c3cc(C)nc(N)n3)[C@@H]3C4CCN(CC4)[C@@H]32)c1. The van der Waals surface area contributed by atoms with E-state index in [-0.39, 0.29) is 0 Å². The summed E-state index contributed by atoms with van der Waals surface area (Å²) in [5, 5.41) is 0. The van der Waals surface area contributed by atoms with E-state index in [0.717, 1.165) is 29.7 Å². The third-order valence-corrected chi connectivity index (χ3v) is 6.67. The zero-order valence-corrected chi connectivity index (χ0v) is 16.0. The van der Waals surface area contributed by atoms with Crippen molar-refractivity contribution in [3.8, 4) is 5.75 Å². The number of methoxy groups -OCH3 is 1. The number of aromatic nitrogens is 2. The first kappa shape index (κ1) is 16.8. The summed E-state index contributed by atoms with van der Waals surface area (Å²) in [4.78, 5) is 14.1. The highest BCUT2D eigenvalue weighted by Gasteiger charge is 2.53. The van der Waals surface area contributed by atoms with Crippen LogP contribution >= 0.6 is 0 Å². The van der Waals surface area contributed by atoms with Gasteiger partial charge in [0, 0.05) is 36.3 Å². The van der Waals surface area contributed by atoms with E-state index in [1.807, 2.05) is 13.0 Å². The molecule has 1 aromatic carbocycles. The number of piperidine rings is 3. The van der Waals surface area contributed by atoms with Gasteiger partial charge in [0.2, 0.25) is 5.95 Å². The van der Waals surface area contributed by atoms with Crippen LogP contribution < -0.4 is 15.4 Å². The fraction of sp³-hybridized carbons (Fsp3) is 0.524.